The number of aromatic nitrogens is 2. The molecule has 1 aromatic rings. The maximum Gasteiger partial charge on any atom is 0.307 e. The van der Waals surface area contributed by atoms with E-state index in [1.807, 2.05) is 20.8 Å². The Morgan fingerprint density at radius 2 is 1.97 bits per heavy atom. The van der Waals surface area contributed by atoms with Crippen molar-refractivity contribution >= 4 is 16.0 Å². The lowest BCUT2D eigenvalue weighted by Gasteiger charge is -2.23. The van der Waals surface area contributed by atoms with Gasteiger partial charge in [-0.15, -0.1) is 0 Å². The second-order valence-electron chi connectivity index (χ2n) is 9.39. The lowest BCUT2D eigenvalue weighted by atomic mass is 9.84. The summed E-state index contributed by atoms with van der Waals surface area (Å²) in [6.07, 6.45) is 11.2. The minimum Gasteiger partial charge on any atom is -0.460 e. The second-order valence-corrected chi connectivity index (χ2v) is 11.2. The fourth-order valence-electron chi connectivity index (χ4n) is 3.91. The molecule has 0 aliphatic heterocycles. The highest BCUT2D eigenvalue weighted by molar-refractivity contribution is 7.88. The summed E-state index contributed by atoms with van der Waals surface area (Å²) in [5, 5.41) is 3.96. The number of sulfonamides is 1. The summed E-state index contributed by atoms with van der Waals surface area (Å²) >= 11 is 0. The molecule has 0 aromatic carbocycles. The molecule has 0 bridgehead atoms. The predicted molar refractivity (Wildman–Crippen MR) is 114 cm³/mol. The predicted octanol–water partition coefficient (Wildman–Crippen LogP) is 3.73. The molecule has 1 aliphatic rings. The van der Waals surface area contributed by atoms with Crippen LogP contribution in [0.15, 0.2) is 4.52 Å². The second kappa shape index (κ2) is 11.2. The Kier molecular flexibility index (Phi) is 9.28. The zero-order valence-electron chi connectivity index (χ0n) is 18.8. The highest BCUT2D eigenvalue weighted by Gasteiger charge is 2.26. The van der Waals surface area contributed by atoms with Gasteiger partial charge in [0, 0.05) is 18.9 Å². The molecule has 1 fully saturated rings. The minimum absolute atomic E-state index is 0.187. The van der Waals surface area contributed by atoms with Crippen LogP contribution in [0.4, 0.5) is 0 Å². The van der Waals surface area contributed by atoms with E-state index in [0.29, 0.717) is 18.1 Å². The van der Waals surface area contributed by atoms with Gasteiger partial charge in [-0.1, -0.05) is 50.1 Å². The number of ether oxygens (including phenoxy) is 1. The van der Waals surface area contributed by atoms with Gasteiger partial charge in [-0.2, -0.15) is 4.98 Å². The lowest BCUT2D eigenvalue weighted by molar-refractivity contribution is -0.155. The normalized spacial score (nSPS) is 17.1. The third-order valence-corrected chi connectivity index (χ3v) is 6.00. The number of nitrogens with zero attached hydrogens (tertiary/aromatic N) is 2. The fourth-order valence-corrected chi connectivity index (χ4v) is 4.38. The van der Waals surface area contributed by atoms with Crippen molar-refractivity contribution in [3.63, 3.8) is 0 Å². The highest BCUT2D eigenvalue weighted by atomic mass is 32.2. The van der Waals surface area contributed by atoms with Crippen molar-refractivity contribution in [3.05, 3.63) is 11.7 Å². The zero-order chi connectivity index (χ0) is 22.2. The van der Waals surface area contributed by atoms with Gasteiger partial charge in [0.05, 0.1) is 12.7 Å². The molecule has 1 atom stereocenters. The van der Waals surface area contributed by atoms with Gasteiger partial charge in [0.15, 0.2) is 5.82 Å². The van der Waals surface area contributed by atoms with Crippen LogP contribution in [-0.4, -0.2) is 42.9 Å². The van der Waals surface area contributed by atoms with Gasteiger partial charge in [-0.3, -0.25) is 4.79 Å². The number of hydrogen-bond acceptors (Lipinski definition) is 7. The van der Waals surface area contributed by atoms with Crippen LogP contribution >= 0.6 is 0 Å². The lowest BCUT2D eigenvalue weighted by Crippen LogP contribution is -2.25. The van der Waals surface area contributed by atoms with Crippen LogP contribution in [0.5, 0.6) is 0 Å². The summed E-state index contributed by atoms with van der Waals surface area (Å²) in [6.45, 7) is 5.75. The van der Waals surface area contributed by atoms with Crippen molar-refractivity contribution in [2.24, 2.45) is 5.92 Å². The summed E-state index contributed by atoms with van der Waals surface area (Å²) in [7, 11) is -3.26. The first-order chi connectivity index (χ1) is 14.0. The fraction of sp³-hybridized carbons (Fsp3) is 0.857. The smallest absolute Gasteiger partial charge is 0.307 e. The SMILES string of the molecule is CC(C)(C)OC(=O)CC(CCCC1CCCCC1)c1nc(CCNS(C)(=O)=O)no1. The maximum atomic E-state index is 12.4. The third kappa shape index (κ3) is 10.0. The van der Waals surface area contributed by atoms with Crippen LogP contribution in [0.1, 0.15) is 96.2 Å². The molecule has 8 nitrogen and oxygen atoms in total. The van der Waals surface area contributed by atoms with E-state index >= 15 is 0 Å². The van der Waals surface area contributed by atoms with E-state index in [9.17, 15) is 13.2 Å². The Morgan fingerprint density at radius 1 is 1.27 bits per heavy atom. The van der Waals surface area contributed by atoms with Crippen LogP contribution in [-0.2, 0) is 26.0 Å². The van der Waals surface area contributed by atoms with Crippen LogP contribution in [0, 0.1) is 5.92 Å². The molecule has 0 radical (unpaired) electrons. The Hall–Kier alpha value is -1.48. The number of hydrogen-bond donors (Lipinski definition) is 1. The summed E-state index contributed by atoms with van der Waals surface area (Å²) in [5.41, 5.74) is -0.541. The molecule has 172 valence electrons. The molecule has 2 rings (SSSR count). The van der Waals surface area contributed by atoms with E-state index < -0.39 is 15.6 Å². The van der Waals surface area contributed by atoms with Crippen LogP contribution < -0.4 is 4.72 Å². The van der Waals surface area contributed by atoms with Gasteiger partial charge in [0.1, 0.15) is 5.60 Å². The van der Waals surface area contributed by atoms with E-state index in [1.54, 1.807) is 0 Å². The van der Waals surface area contributed by atoms with Crippen molar-refractivity contribution in [2.45, 2.75) is 96.5 Å². The molecule has 9 heteroatoms. The van der Waals surface area contributed by atoms with Crippen LogP contribution in [0.2, 0.25) is 0 Å². The summed E-state index contributed by atoms with van der Waals surface area (Å²) in [5.74, 6) is 1.18. The van der Waals surface area contributed by atoms with Gasteiger partial charge in [0.2, 0.25) is 15.9 Å². The average molecular weight is 444 g/mol. The van der Waals surface area contributed by atoms with Crippen LogP contribution in [0.25, 0.3) is 0 Å². The van der Waals surface area contributed by atoms with Gasteiger partial charge in [-0.05, 0) is 33.1 Å². The number of esters is 1. The minimum atomic E-state index is -3.26. The van der Waals surface area contributed by atoms with E-state index in [4.69, 9.17) is 9.26 Å². The molecule has 1 saturated carbocycles. The largest absolute Gasteiger partial charge is 0.460 e. The average Bonchev–Trinajstić information content (AvgIpc) is 3.08. The Balaban J connectivity index is 1.96. The monoisotopic (exact) mass is 443 g/mol. The topological polar surface area (TPSA) is 111 Å². The number of carbonyl (C=O) groups excluding carboxylic acids is 1. The zero-order valence-corrected chi connectivity index (χ0v) is 19.6. The third-order valence-electron chi connectivity index (χ3n) is 5.27. The van der Waals surface area contributed by atoms with Crippen molar-refractivity contribution in [1.82, 2.24) is 14.9 Å². The van der Waals surface area contributed by atoms with Gasteiger partial charge in [0.25, 0.3) is 0 Å². The molecule has 1 N–H and O–H groups in total. The van der Waals surface area contributed by atoms with Gasteiger partial charge < -0.3 is 9.26 Å². The number of nitrogens with one attached hydrogen (secondary N) is 1. The number of carbonyl (C=O) groups is 1. The van der Waals surface area contributed by atoms with Crippen molar-refractivity contribution in [2.75, 3.05) is 12.8 Å². The first kappa shape index (κ1) is 24.8. The quantitative estimate of drug-likeness (QED) is 0.519. The van der Waals surface area contributed by atoms with Crippen molar-refractivity contribution in [1.29, 1.82) is 0 Å². The molecule has 30 heavy (non-hydrogen) atoms. The molecule has 0 amide bonds. The molecule has 0 spiro atoms. The van der Waals surface area contributed by atoms with Gasteiger partial charge in [-0.25, -0.2) is 13.1 Å². The van der Waals surface area contributed by atoms with E-state index in [1.165, 1.54) is 32.1 Å². The molecule has 1 heterocycles. The van der Waals surface area contributed by atoms with Crippen LogP contribution in [0.3, 0.4) is 0 Å². The Morgan fingerprint density at radius 3 is 2.60 bits per heavy atom. The van der Waals surface area contributed by atoms with E-state index in [0.717, 1.165) is 31.4 Å². The standard InChI is InChI=1S/C21H37N3O5S/c1-21(2,3)28-19(25)15-17(12-8-11-16-9-6-5-7-10-16)20-23-18(24-29-20)13-14-22-30(4,26)27/h16-17,22H,5-15H2,1-4H3. The van der Waals surface area contributed by atoms with E-state index in [2.05, 4.69) is 14.9 Å². The Bertz CT molecular complexity index is 764. The Labute approximate surface area is 180 Å². The molecule has 1 unspecified atom stereocenters. The molecular weight excluding hydrogens is 406 g/mol. The summed E-state index contributed by atoms with van der Waals surface area (Å²) < 4.78 is 35.7. The van der Waals surface area contributed by atoms with Gasteiger partial charge >= 0.3 is 5.97 Å². The maximum absolute atomic E-state index is 12.4. The number of rotatable bonds is 11. The molecule has 1 aliphatic carbocycles. The summed E-state index contributed by atoms with van der Waals surface area (Å²) in [4.78, 5) is 16.8. The molecule has 0 saturated heterocycles. The summed E-state index contributed by atoms with van der Waals surface area (Å²) in [6, 6.07) is 0. The highest BCUT2D eigenvalue weighted by Crippen LogP contribution is 2.31. The molecule has 1 aromatic heterocycles. The molecular formula is C21H37N3O5S. The first-order valence-electron chi connectivity index (χ1n) is 11.0. The first-order valence-corrected chi connectivity index (χ1v) is 12.9. The van der Waals surface area contributed by atoms with E-state index in [-0.39, 0.29) is 24.9 Å². The van der Waals surface area contributed by atoms with Crippen molar-refractivity contribution < 1.29 is 22.5 Å². The van der Waals surface area contributed by atoms with Crippen molar-refractivity contribution in [3.8, 4) is 0 Å².